The Morgan fingerprint density at radius 3 is 2.95 bits per heavy atom. The lowest BCUT2D eigenvalue weighted by atomic mass is 10.1. The summed E-state index contributed by atoms with van der Waals surface area (Å²) in [4.78, 5) is 0. The third kappa shape index (κ3) is 2.38. The van der Waals surface area contributed by atoms with Crippen LogP contribution in [0, 0.1) is 0 Å². The number of sulfonamides is 1. The maximum absolute atomic E-state index is 12.7. The van der Waals surface area contributed by atoms with Crippen LogP contribution < -0.4 is 10.0 Å². The zero-order valence-corrected chi connectivity index (χ0v) is 12.4. The Kier molecular flexibility index (Phi) is 3.38. The molecule has 1 saturated heterocycles. The van der Waals surface area contributed by atoms with Crippen molar-refractivity contribution in [1.29, 1.82) is 0 Å². The molecule has 1 aromatic rings. The van der Waals surface area contributed by atoms with Crippen LogP contribution in [0.25, 0.3) is 0 Å². The molecule has 1 aromatic carbocycles. The third-order valence-electron chi connectivity index (χ3n) is 3.98. The Morgan fingerprint density at radius 1 is 1.45 bits per heavy atom. The molecule has 0 spiro atoms. The molecule has 0 aliphatic carbocycles. The van der Waals surface area contributed by atoms with Gasteiger partial charge in [-0.2, -0.15) is 0 Å². The van der Waals surface area contributed by atoms with Gasteiger partial charge in [-0.1, -0.05) is 0 Å². The molecule has 6 heteroatoms. The van der Waals surface area contributed by atoms with Crippen molar-refractivity contribution >= 4 is 21.4 Å². The lowest BCUT2D eigenvalue weighted by Gasteiger charge is -2.25. The second kappa shape index (κ2) is 4.93. The van der Waals surface area contributed by atoms with Gasteiger partial charge in [0.1, 0.15) is 0 Å². The van der Waals surface area contributed by atoms with Crippen LogP contribution >= 0.6 is 0 Å². The highest BCUT2D eigenvalue weighted by molar-refractivity contribution is 7.92. The summed E-state index contributed by atoms with van der Waals surface area (Å²) in [5, 5.41) is 0. The summed E-state index contributed by atoms with van der Waals surface area (Å²) in [6.07, 6.45) is 2.33. The first-order valence-corrected chi connectivity index (χ1v) is 8.60. The number of benzene rings is 1. The van der Waals surface area contributed by atoms with E-state index < -0.39 is 10.0 Å². The number of nitrogens with two attached hydrogens (primary N) is 1. The van der Waals surface area contributed by atoms with E-state index in [4.69, 9.17) is 10.5 Å². The number of hydrogen-bond acceptors (Lipinski definition) is 4. The van der Waals surface area contributed by atoms with Gasteiger partial charge in [-0.25, -0.2) is 8.42 Å². The summed E-state index contributed by atoms with van der Waals surface area (Å²) in [7, 11) is -3.35. The van der Waals surface area contributed by atoms with Crippen molar-refractivity contribution in [2.75, 3.05) is 22.4 Å². The van der Waals surface area contributed by atoms with Crippen molar-refractivity contribution in [3.05, 3.63) is 23.8 Å². The van der Waals surface area contributed by atoms with E-state index in [-0.39, 0.29) is 17.9 Å². The van der Waals surface area contributed by atoms with Crippen LogP contribution in [0.15, 0.2) is 18.2 Å². The van der Waals surface area contributed by atoms with Gasteiger partial charge in [0, 0.05) is 18.3 Å². The van der Waals surface area contributed by atoms with E-state index in [2.05, 4.69) is 0 Å². The summed E-state index contributed by atoms with van der Waals surface area (Å²) in [6, 6.07) is 5.37. The molecule has 110 valence electrons. The van der Waals surface area contributed by atoms with Crippen molar-refractivity contribution in [2.45, 2.75) is 38.3 Å². The Balaban J connectivity index is 1.89. The first kappa shape index (κ1) is 13.7. The number of rotatable bonds is 3. The van der Waals surface area contributed by atoms with Crippen LogP contribution in [-0.2, 0) is 21.2 Å². The van der Waals surface area contributed by atoms with E-state index >= 15 is 0 Å². The maximum Gasteiger partial charge on any atom is 0.237 e. The van der Waals surface area contributed by atoms with Gasteiger partial charge < -0.3 is 10.5 Å². The Labute approximate surface area is 119 Å². The van der Waals surface area contributed by atoms with Gasteiger partial charge in [0.25, 0.3) is 0 Å². The second-order valence-corrected chi connectivity index (χ2v) is 7.54. The van der Waals surface area contributed by atoms with E-state index in [1.165, 1.54) is 0 Å². The number of anilines is 2. The second-order valence-electron chi connectivity index (χ2n) is 5.65. The van der Waals surface area contributed by atoms with E-state index in [1.807, 2.05) is 13.0 Å². The minimum Gasteiger partial charge on any atom is -0.399 e. The average Bonchev–Trinajstić information content (AvgIpc) is 2.94. The van der Waals surface area contributed by atoms with E-state index in [9.17, 15) is 8.42 Å². The third-order valence-corrected chi connectivity index (χ3v) is 5.93. The van der Waals surface area contributed by atoms with Crippen LogP contribution in [-0.4, -0.2) is 32.9 Å². The molecule has 3 rings (SSSR count). The van der Waals surface area contributed by atoms with Gasteiger partial charge in [0.15, 0.2) is 0 Å². The molecule has 2 unspecified atom stereocenters. The van der Waals surface area contributed by atoms with Crippen molar-refractivity contribution < 1.29 is 13.2 Å². The van der Waals surface area contributed by atoms with Crippen LogP contribution in [0.2, 0.25) is 0 Å². The summed E-state index contributed by atoms with van der Waals surface area (Å²) in [6.45, 7) is 2.60. The monoisotopic (exact) mass is 296 g/mol. The van der Waals surface area contributed by atoms with Crippen molar-refractivity contribution in [2.24, 2.45) is 0 Å². The fourth-order valence-corrected chi connectivity index (χ4v) is 5.13. The molecular formula is C14H20N2O3S. The highest BCUT2D eigenvalue weighted by Gasteiger charge is 2.37. The van der Waals surface area contributed by atoms with Gasteiger partial charge in [-0.05, 0) is 49.9 Å². The molecule has 0 aromatic heterocycles. The van der Waals surface area contributed by atoms with Gasteiger partial charge in [-0.3, -0.25) is 4.31 Å². The zero-order chi connectivity index (χ0) is 14.3. The highest BCUT2D eigenvalue weighted by atomic mass is 32.2. The number of fused-ring (bicyclic) bond motifs is 1. The fourth-order valence-electron chi connectivity index (χ4n) is 3.14. The quantitative estimate of drug-likeness (QED) is 0.859. The first-order valence-electron chi connectivity index (χ1n) is 6.99. The standard InChI is InChI=1S/C14H20N2O3S/c1-10-7-11-8-12(15)4-5-14(11)16(10)20(17,18)9-13-3-2-6-19-13/h4-5,8,10,13H,2-3,6-7,9,15H2,1H3. The zero-order valence-electron chi connectivity index (χ0n) is 11.6. The van der Waals surface area contributed by atoms with E-state index in [1.54, 1.807) is 16.4 Å². The smallest absolute Gasteiger partial charge is 0.237 e. The molecule has 2 atom stereocenters. The molecular weight excluding hydrogens is 276 g/mol. The summed E-state index contributed by atoms with van der Waals surface area (Å²) >= 11 is 0. The average molecular weight is 296 g/mol. The van der Waals surface area contributed by atoms with Gasteiger partial charge in [0.05, 0.1) is 17.5 Å². The first-order chi connectivity index (χ1) is 9.47. The largest absolute Gasteiger partial charge is 0.399 e. The van der Waals surface area contributed by atoms with Crippen LogP contribution in [0.4, 0.5) is 11.4 Å². The summed E-state index contributed by atoms with van der Waals surface area (Å²) in [5.74, 6) is 0.0706. The predicted molar refractivity (Wildman–Crippen MR) is 79.3 cm³/mol. The van der Waals surface area contributed by atoms with Gasteiger partial charge in [0.2, 0.25) is 10.0 Å². The molecule has 2 heterocycles. The molecule has 2 aliphatic heterocycles. The Morgan fingerprint density at radius 2 is 2.25 bits per heavy atom. The Bertz CT molecular complexity index is 609. The molecule has 1 fully saturated rings. The SMILES string of the molecule is CC1Cc2cc(N)ccc2N1S(=O)(=O)CC1CCCO1. The van der Waals surface area contributed by atoms with Gasteiger partial charge in [-0.15, -0.1) is 0 Å². The number of ether oxygens (including phenoxy) is 1. The Hall–Kier alpha value is -1.27. The highest BCUT2D eigenvalue weighted by Crippen LogP contribution is 2.36. The molecule has 5 nitrogen and oxygen atoms in total. The molecule has 2 N–H and O–H groups in total. The van der Waals surface area contributed by atoms with E-state index in [0.717, 1.165) is 24.1 Å². The maximum atomic E-state index is 12.7. The number of nitrogens with zero attached hydrogens (tertiary/aromatic N) is 1. The molecule has 20 heavy (non-hydrogen) atoms. The van der Waals surface area contributed by atoms with Crippen LogP contribution in [0.5, 0.6) is 0 Å². The summed E-state index contributed by atoms with van der Waals surface area (Å²) in [5.41, 5.74) is 8.23. The predicted octanol–water partition coefficient (Wildman–Crippen LogP) is 1.53. The van der Waals surface area contributed by atoms with Crippen LogP contribution in [0.3, 0.4) is 0 Å². The van der Waals surface area contributed by atoms with Crippen molar-refractivity contribution in [3.8, 4) is 0 Å². The van der Waals surface area contributed by atoms with Crippen LogP contribution in [0.1, 0.15) is 25.3 Å². The molecule has 0 amide bonds. The van der Waals surface area contributed by atoms with E-state index in [0.29, 0.717) is 18.7 Å². The molecule has 0 radical (unpaired) electrons. The van der Waals surface area contributed by atoms with Gasteiger partial charge >= 0.3 is 0 Å². The fraction of sp³-hybridized carbons (Fsp3) is 0.571. The minimum atomic E-state index is -3.35. The number of hydrogen-bond donors (Lipinski definition) is 1. The normalized spacial score (nSPS) is 25.9. The molecule has 2 aliphatic rings. The van der Waals surface area contributed by atoms with Crippen molar-refractivity contribution in [1.82, 2.24) is 0 Å². The lowest BCUT2D eigenvalue weighted by Crippen LogP contribution is -2.40. The molecule has 0 saturated carbocycles. The number of nitrogen functional groups attached to an aromatic ring is 1. The summed E-state index contributed by atoms with van der Waals surface area (Å²) < 4.78 is 32.3. The topological polar surface area (TPSA) is 72.6 Å². The lowest BCUT2D eigenvalue weighted by molar-refractivity contribution is 0.127. The molecule has 0 bridgehead atoms. The van der Waals surface area contributed by atoms with Crippen molar-refractivity contribution in [3.63, 3.8) is 0 Å². The minimum absolute atomic E-state index is 0.0572.